The van der Waals surface area contributed by atoms with Gasteiger partial charge in [-0.25, -0.2) is 4.39 Å². The standard InChI is InChI=1S/C20H23FN2O2S/c1-3-4-9-19(24)22-15-10-12-16(13-11-15)26-14(2)20(25)23-18-8-6-5-7-17(18)21/h5-8,10-14H,3-4,9H2,1-2H3,(H,22,24)(H,23,25). The summed E-state index contributed by atoms with van der Waals surface area (Å²) in [5.41, 5.74) is 0.911. The van der Waals surface area contributed by atoms with Gasteiger partial charge in [-0.05, 0) is 49.7 Å². The molecule has 0 saturated carbocycles. The number of para-hydroxylation sites is 1. The number of rotatable bonds is 8. The second-order valence-corrected chi connectivity index (χ2v) is 7.32. The van der Waals surface area contributed by atoms with Crippen molar-refractivity contribution in [1.29, 1.82) is 0 Å². The minimum absolute atomic E-state index is 0.00452. The van der Waals surface area contributed by atoms with E-state index in [9.17, 15) is 14.0 Å². The minimum Gasteiger partial charge on any atom is -0.326 e. The predicted octanol–water partition coefficient (Wildman–Crippen LogP) is 5.07. The number of thioether (sulfide) groups is 1. The highest BCUT2D eigenvalue weighted by Gasteiger charge is 2.16. The molecule has 2 N–H and O–H groups in total. The molecule has 138 valence electrons. The predicted molar refractivity (Wildman–Crippen MR) is 105 cm³/mol. The highest BCUT2D eigenvalue weighted by Crippen LogP contribution is 2.26. The van der Waals surface area contributed by atoms with Gasteiger partial charge >= 0.3 is 0 Å². The van der Waals surface area contributed by atoms with Crippen LogP contribution in [0.4, 0.5) is 15.8 Å². The Hall–Kier alpha value is -2.34. The van der Waals surface area contributed by atoms with Gasteiger partial charge in [0.25, 0.3) is 0 Å². The lowest BCUT2D eigenvalue weighted by molar-refractivity contribution is -0.116. The molecule has 1 unspecified atom stereocenters. The fourth-order valence-corrected chi connectivity index (χ4v) is 3.10. The Kier molecular flexibility index (Phi) is 7.66. The lowest BCUT2D eigenvalue weighted by Crippen LogP contribution is -2.22. The number of hydrogen-bond donors (Lipinski definition) is 2. The van der Waals surface area contributed by atoms with Crippen LogP contribution in [-0.2, 0) is 9.59 Å². The monoisotopic (exact) mass is 374 g/mol. The van der Waals surface area contributed by atoms with Crippen molar-refractivity contribution in [3.05, 3.63) is 54.3 Å². The Balaban J connectivity index is 1.88. The molecule has 2 amide bonds. The van der Waals surface area contributed by atoms with E-state index in [-0.39, 0.29) is 22.8 Å². The zero-order valence-electron chi connectivity index (χ0n) is 14.9. The molecule has 4 nitrogen and oxygen atoms in total. The van der Waals surface area contributed by atoms with Crippen molar-refractivity contribution in [2.24, 2.45) is 0 Å². The van der Waals surface area contributed by atoms with Crippen LogP contribution >= 0.6 is 11.8 Å². The molecule has 1 atom stereocenters. The molecule has 0 aliphatic rings. The van der Waals surface area contributed by atoms with Gasteiger partial charge in [0, 0.05) is 17.0 Å². The molecule has 0 aliphatic carbocycles. The van der Waals surface area contributed by atoms with Gasteiger partial charge in [0.2, 0.25) is 11.8 Å². The van der Waals surface area contributed by atoms with Crippen molar-refractivity contribution in [2.75, 3.05) is 10.6 Å². The molecule has 2 aromatic rings. The quantitative estimate of drug-likeness (QED) is 0.634. The molecule has 0 spiro atoms. The topological polar surface area (TPSA) is 58.2 Å². The fourth-order valence-electron chi connectivity index (χ4n) is 2.23. The number of nitrogens with one attached hydrogen (secondary N) is 2. The van der Waals surface area contributed by atoms with Crippen molar-refractivity contribution in [3.63, 3.8) is 0 Å². The van der Waals surface area contributed by atoms with E-state index < -0.39 is 5.82 Å². The number of carbonyl (C=O) groups is 2. The third-order valence-electron chi connectivity index (χ3n) is 3.71. The zero-order chi connectivity index (χ0) is 18.9. The molecule has 0 radical (unpaired) electrons. The number of benzene rings is 2. The van der Waals surface area contributed by atoms with E-state index in [1.165, 1.54) is 23.9 Å². The smallest absolute Gasteiger partial charge is 0.237 e. The van der Waals surface area contributed by atoms with Crippen LogP contribution < -0.4 is 10.6 Å². The first-order chi connectivity index (χ1) is 12.5. The molecule has 6 heteroatoms. The van der Waals surface area contributed by atoms with E-state index in [1.54, 1.807) is 19.1 Å². The lowest BCUT2D eigenvalue weighted by atomic mass is 10.2. The van der Waals surface area contributed by atoms with Gasteiger partial charge in [-0.1, -0.05) is 25.5 Å². The number of halogens is 1. The number of anilines is 2. The summed E-state index contributed by atoms with van der Waals surface area (Å²) in [6.45, 7) is 3.81. The first-order valence-electron chi connectivity index (χ1n) is 8.61. The highest BCUT2D eigenvalue weighted by atomic mass is 32.2. The Morgan fingerprint density at radius 1 is 1.08 bits per heavy atom. The van der Waals surface area contributed by atoms with Crippen LogP contribution in [0.25, 0.3) is 0 Å². The molecule has 0 fully saturated rings. The van der Waals surface area contributed by atoms with Gasteiger partial charge in [-0.15, -0.1) is 11.8 Å². The van der Waals surface area contributed by atoms with E-state index in [0.717, 1.165) is 23.4 Å². The molecular weight excluding hydrogens is 351 g/mol. The lowest BCUT2D eigenvalue weighted by Gasteiger charge is -2.13. The van der Waals surface area contributed by atoms with Gasteiger partial charge in [-0.2, -0.15) is 0 Å². The summed E-state index contributed by atoms with van der Waals surface area (Å²) in [6, 6.07) is 13.4. The minimum atomic E-state index is -0.457. The van der Waals surface area contributed by atoms with E-state index in [2.05, 4.69) is 10.6 Å². The van der Waals surface area contributed by atoms with E-state index in [1.807, 2.05) is 31.2 Å². The summed E-state index contributed by atoms with van der Waals surface area (Å²) in [5, 5.41) is 5.06. The van der Waals surface area contributed by atoms with Crippen molar-refractivity contribution in [1.82, 2.24) is 0 Å². The molecule has 2 aromatic carbocycles. The molecule has 0 bridgehead atoms. The molecular formula is C20H23FN2O2S. The van der Waals surface area contributed by atoms with Gasteiger partial charge in [0.1, 0.15) is 5.82 Å². The molecule has 0 aromatic heterocycles. The van der Waals surface area contributed by atoms with Gasteiger partial charge in [0.05, 0.1) is 10.9 Å². The van der Waals surface area contributed by atoms with Crippen LogP contribution in [0.1, 0.15) is 33.1 Å². The Labute approximate surface area is 157 Å². The van der Waals surface area contributed by atoms with Gasteiger partial charge in [-0.3, -0.25) is 9.59 Å². The maximum absolute atomic E-state index is 13.6. The number of amides is 2. The van der Waals surface area contributed by atoms with Crippen LogP contribution in [0.2, 0.25) is 0 Å². The van der Waals surface area contributed by atoms with Crippen molar-refractivity contribution in [2.45, 2.75) is 43.3 Å². The van der Waals surface area contributed by atoms with Crippen molar-refractivity contribution < 1.29 is 14.0 Å². The van der Waals surface area contributed by atoms with E-state index in [0.29, 0.717) is 6.42 Å². The van der Waals surface area contributed by atoms with E-state index in [4.69, 9.17) is 0 Å². The third-order valence-corrected chi connectivity index (χ3v) is 4.82. The first kappa shape index (κ1) is 20.0. The summed E-state index contributed by atoms with van der Waals surface area (Å²) >= 11 is 1.37. The van der Waals surface area contributed by atoms with Crippen LogP contribution in [0.5, 0.6) is 0 Å². The maximum atomic E-state index is 13.6. The molecule has 0 saturated heterocycles. The molecule has 0 aliphatic heterocycles. The van der Waals surface area contributed by atoms with Crippen LogP contribution in [0, 0.1) is 5.82 Å². The second kappa shape index (κ2) is 9.97. The van der Waals surface area contributed by atoms with Crippen LogP contribution in [0.15, 0.2) is 53.4 Å². The largest absolute Gasteiger partial charge is 0.326 e. The summed E-state index contributed by atoms with van der Waals surface area (Å²) in [4.78, 5) is 24.8. The van der Waals surface area contributed by atoms with E-state index >= 15 is 0 Å². The molecule has 2 rings (SSSR count). The third kappa shape index (κ3) is 6.19. The van der Waals surface area contributed by atoms with Crippen LogP contribution in [0.3, 0.4) is 0 Å². The summed E-state index contributed by atoms with van der Waals surface area (Å²) in [7, 11) is 0. The molecule has 26 heavy (non-hydrogen) atoms. The number of carbonyl (C=O) groups excluding carboxylic acids is 2. The first-order valence-corrected chi connectivity index (χ1v) is 9.49. The number of unbranched alkanes of at least 4 members (excludes halogenated alkanes) is 1. The van der Waals surface area contributed by atoms with Crippen LogP contribution in [-0.4, -0.2) is 17.1 Å². The van der Waals surface area contributed by atoms with Gasteiger partial charge in [0.15, 0.2) is 0 Å². The fraction of sp³-hybridized carbons (Fsp3) is 0.300. The average Bonchev–Trinajstić information content (AvgIpc) is 2.63. The van der Waals surface area contributed by atoms with Crippen molar-refractivity contribution >= 4 is 35.0 Å². The normalized spacial score (nSPS) is 11.7. The average molecular weight is 374 g/mol. The Bertz CT molecular complexity index is 750. The number of hydrogen-bond acceptors (Lipinski definition) is 3. The Morgan fingerprint density at radius 2 is 1.77 bits per heavy atom. The highest BCUT2D eigenvalue weighted by molar-refractivity contribution is 8.00. The van der Waals surface area contributed by atoms with Gasteiger partial charge < -0.3 is 10.6 Å². The molecule has 0 heterocycles. The van der Waals surface area contributed by atoms with Crippen molar-refractivity contribution in [3.8, 4) is 0 Å². The second-order valence-electron chi connectivity index (χ2n) is 5.91. The summed E-state index contributed by atoms with van der Waals surface area (Å²) < 4.78 is 13.6. The summed E-state index contributed by atoms with van der Waals surface area (Å²) in [5.74, 6) is -0.719. The summed E-state index contributed by atoms with van der Waals surface area (Å²) in [6.07, 6.45) is 2.37. The zero-order valence-corrected chi connectivity index (χ0v) is 15.7. The maximum Gasteiger partial charge on any atom is 0.237 e. The SMILES string of the molecule is CCCCC(=O)Nc1ccc(SC(C)C(=O)Nc2ccccc2F)cc1. The Morgan fingerprint density at radius 3 is 2.42 bits per heavy atom.